The fraction of sp³-hybridized carbons (Fsp3) is 0.0476. The quantitative estimate of drug-likeness (QED) is 0.537. The Kier molecular flexibility index (Phi) is 6.12. The van der Waals surface area contributed by atoms with Gasteiger partial charge in [-0.25, -0.2) is 4.79 Å². The number of carbonyl (C=O) groups is 2. The van der Waals surface area contributed by atoms with Crippen molar-refractivity contribution in [2.45, 2.75) is 6.61 Å². The van der Waals surface area contributed by atoms with E-state index in [1.165, 1.54) is 6.07 Å². The lowest BCUT2D eigenvalue weighted by molar-refractivity contribution is 0.103. The highest BCUT2D eigenvalue weighted by molar-refractivity contribution is 6.36. The SMILES string of the molecule is O=C(Nc1ccc(Cl)cc1C(=O)c1ccccc1Cl)OCc1ccccc1. The van der Waals surface area contributed by atoms with Gasteiger partial charge >= 0.3 is 6.09 Å². The van der Waals surface area contributed by atoms with E-state index in [2.05, 4.69) is 5.32 Å². The molecule has 136 valence electrons. The summed E-state index contributed by atoms with van der Waals surface area (Å²) in [6.45, 7) is 0.119. The normalized spacial score (nSPS) is 10.3. The minimum atomic E-state index is -0.672. The van der Waals surface area contributed by atoms with Gasteiger partial charge in [-0.1, -0.05) is 65.7 Å². The second-order valence-corrected chi connectivity index (χ2v) is 6.53. The highest BCUT2D eigenvalue weighted by Crippen LogP contribution is 2.26. The topological polar surface area (TPSA) is 55.4 Å². The van der Waals surface area contributed by atoms with Crippen LogP contribution in [-0.2, 0) is 11.3 Å². The molecule has 1 N–H and O–H groups in total. The second kappa shape index (κ2) is 8.71. The van der Waals surface area contributed by atoms with Crippen molar-refractivity contribution in [1.82, 2.24) is 0 Å². The van der Waals surface area contributed by atoms with Crippen molar-refractivity contribution >= 4 is 40.8 Å². The molecule has 0 radical (unpaired) electrons. The van der Waals surface area contributed by atoms with E-state index in [9.17, 15) is 9.59 Å². The van der Waals surface area contributed by atoms with Gasteiger partial charge in [0.1, 0.15) is 6.61 Å². The molecule has 0 aliphatic rings. The Labute approximate surface area is 166 Å². The number of nitrogens with one attached hydrogen (secondary N) is 1. The molecule has 0 aromatic heterocycles. The maximum Gasteiger partial charge on any atom is 0.411 e. The predicted octanol–water partition coefficient (Wildman–Crippen LogP) is 5.97. The van der Waals surface area contributed by atoms with Crippen LogP contribution in [-0.4, -0.2) is 11.9 Å². The number of halogens is 2. The van der Waals surface area contributed by atoms with Crippen molar-refractivity contribution in [1.29, 1.82) is 0 Å². The molecule has 3 aromatic rings. The van der Waals surface area contributed by atoms with Crippen LogP contribution >= 0.6 is 23.2 Å². The highest BCUT2D eigenvalue weighted by atomic mass is 35.5. The molecule has 6 heteroatoms. The van der Waals surface area contributed by atoms with Gasteiger partial charge in [-0.2, -0.15) is 0 Å². The second-order valence-electron chi connectivity index (χ2n) is 5.69. The Hall–Kier alpha value is -2.82. The van der Waals surface area contributed by atoms with E-state index in [0.717, 1.165) is 5.56 Å². The van der Waals surface area contributed by atoms with E-state index >= 15 is 0 Å². The van der Waals surface area contributed by atoms with Gasteiger partial charge in [0, 0.05) is 16.1 Å². The number of amides is 1. The largest absolute Gasteiger partial charge is 0.444 e. The number of benzene rings is 3. The summed E-state index contributed by atoms with van der Waals surface area (Å²) < 4.78 is 5.21. The van der Waals surface area contributed by atoms with Crippen LogP contribution in [0.4, 0.5) is 10.5 Å². The molecule has 3 aromatic carbocycles. The number of hydrogen-bond acceptors (Lipinski definition) is 3. The van der Waals surface area contributed by atoms with E-state index < -0.39 is 6.09 Å². The molecule has 0 heterocycles. The van der Waals surface area contributed by atoms with Gasteiger partial charge in [0.2, 0.25) is 0 Å². The number of rotatable bonds is 5. The molecular weight excluding hydrogens is 385 g/mol. The lowest BCUT2D eigenvalue weighted by Gasteiger charge is -2.12. The first-order valence-electron chi connectivity index (χ1n) is 8.11. The van der Waals surface area contributed by atoms with E-state index in [-0.39, 0.29) is 18.0 Å². The Balaban J connectivity index is 1.79. The summed E-state index contributed by atoms with van der Waals surface area (Å²) in [6, 6.07) is 20.6. The molecule has 0 saturated carbocycles. The Morgan fingerprint density at radius 2 is 1.56 bits per heavy atom. The standard InChI is InChI=1S/C21H15Cl2NO3/c22-15-10-11-19(24-21(26)27-13-14-6-2-1-3-7-14)17(12-15)20(25)16-8-4-5-9-18(16)23/h1-12H,13H2,(H,24,26). The highest BCUT2D eigenvalue weighted by Gasteiger charge is 2.18. The summed E-state index contributed by atoms with van der Waals surface area (Å²) in [6.07, 6.45) is -0.672. The van der Waals surface area contributed by atoms with Gasteiger partial charge in [0.05, 0.1) is 10.7 Å². The molecule has 0 aliphatic heterocycles. The third-order valence-corrected chi connectivity index (χ3v) is 4.36. The average Bonchev–Trinajstić information content (AvgIpc) is 2.68. The zero-order valence-electron chi connectivity index (χ0n) is 14.1. The number of carbonyl (C=O) groups excluding carboxylic acids is 2. The molecular formula is C21H15Cl2NO3. The van der Waals surface area contributed by atoms with Crippen molar-refractivity contribution in [2.75, 3.05) is 5.32 Å². The van der Waals surface area contributed by atoms with Gasteiger partial charge in [-0.05, 0) is 35.9 Å². The first-order valence-corrected chi connectivity index (χ1v) is 8.86. The average molecular weight is 400 g/mol. The third-order valence-electron chi connectivity index (χ3n) is 3.79. The summed E-state index contributed by atoms with van der Waals surface area (Å²) in [5.74, 6) is -0.346. The lowest BCUT2D eigenvalue weighted by atomic mass is 10.0. The first kappa shape index (κ1) is 19.0. The van der Waals surface area contributed by atoms with Crippen LogP contribution in [0.3, 0.4) is 0 Å². The van der Waals surface area contributed by atoms with Crippen molar-refractivity contribution < 1.29 is 14.3 Å². The van der Waals surface area contributed by atoms with E-state index in [4.69, 9.17) is 27.9 Å². The molecule has 1 amide bonds. The van der Waals surface area contributed by atoms with E-state index in [1.54, 1.807) is 36.4 Å². The molecule has 0 bridgehead atoms. The van der Waals surface area contributed by atoms with Gasteiger partial charge in [0.15, 0.2) is 5.78 Å². The molecule has 0 saturated heterocycles. The summed E-state index contributed by atoms with van der Waals surface area (Å²) in [7, 11) is 0. The lowest BCUT2D eigenvalue weighted by Crippen LogP contribution is -2.16. The molecule has 4 nitrogen and oxygen atoms in total. The van der Waals surface area contributed by atoms with Crippen LogP contribution in [0, 0.1) is 0 Å². The van der Waals surface area contributed by atoms with E-state index in [0.29, 0.717) is 21.3 Å². The van der Waals surface area contributed by atoms with Crippen LogP contribution in [0.15, 0.2) is 72.8 Å². The number of anilines is 1. The summed E-state index contributed by atoms with van der Waals surface area (Å²) in [5, 5.41) is 3.28. The Bertz CT molecular complexity index is 974. The fourth-order valence-electron chi connectivity index (χ4n) is 2.47. The zero-order chi connectivity index (χ0) is 19.2. The molecule has 0 unspecified atom stereocenters. The van der Waals surface area contributed by atoms with Gasteiger partial charge in [-0.15, -0.1) is 0 Å². The van der Waals surface area contributed by atoms with Crippen LogP contribution in [0.25, 0.3) is 0 Å². The number of ketones is 1. The van der Waals surface area contributed by atoms with Crippen molar-refractivity contribution in [3.63, 3.8) is 0 Å². The fourth-order valence-corrected chi connectivity index (χ4v) is 2.87. The predicted molar refractivity (Wildman–Crippen MR) is 107 cm³/mol. The van der Waals surface area contributed by atoms with Crippen LogP contribution < -0.4 is 5.32 Å². The molecule has 0 atom stereocenters. The molecule has 0 aliphatic carbocycles. The van der Waals surface area contributed by atoms with Crippen LogP contribution in [0.5, 0.6) is 0 Å². The van der Waals surface area contributed by atoms with Crippen LogP contribution in [0.1, 0.15) is 21.5 Å². The number of hydrogen-bond donors (Lipinski definition) is 1. The Morgan fingerprint density at radius 3 is 2.30 bits per heavy atom. The number of ether oxygens (including phenoxy) is 1. The monoisotopic (exact) mass is 399 g/mol. The summed E-state index contributed by atoms with van der Waals surface area (Å²) in [4.78, 5) is 25.0. The zero-order valence-corrected chi connectivity index (χ0v) is 15.6. The van der Waals surface area contributed by atoms with Crippen molar-refractivity contribution in [2.24, 2.45) is 0 Å². The van der Waals surface area contributed by atoms with Gasteiger partial charge in [-0.3, -0.25) is 10.1 Å². The smallest absolute Gasteiger partial charge is 0.411 e. The minimum Gasteiger partial charge on any atom is -0.444 e. The summed E-state index contributed by atoms with van der Waals surface area (Å²) >= 11 is 12.2. The minimum absolute atomic E-state index is 0.119. The van der Waals surface area contributed by atoms with Gasteiger partial charge < -0.3 is 4.74 Å². The first-order chi connectivity index (χ1) is 13.0. The van der Waals surface area contributed by atoms with E-state index in [1.807, 2.05) is 30.3 Å². The Morgan fingerprint density at radius 1 is 0.852 bits per heavy atom. The van der Waals surface area contributed by atoms with Crippen molar-refractivity contribution in [3.8, 4) is 0 Å². The van der Waals surface area contributed by atoms with Gasteiger partial charge in [0.25, 0.3) is 0 Å². The van der Waals surface area contributed by atoms with Crippen LogP contribution in [0.2, 0.25) is 10.0 Å². The maximum atomic E-state index is 12.9. The molecule has 0 spiro atoms. The third kappa shape index (κ3) is 4.88. The maximum absolute atomic E-state index is 12.9. The molecule has 3 rings (SSSR count). The molecule has 0 fully saturated rings. The summed E-state index contributed by atoms with van der Waals surface area (Å²) in [5.41, 5.74) is 1.70. The molecule has 27 heavy (non-hydrogen) atoms. The van der Waals surface area contributed by atoms with Crippen molar-refractivity contribution in [3.05, 3.63) is 99.5 Å².